The zero-order chi connectivity index (χ0) is 12.1. The summed E-state index contributed by atoms with van der Waals surface area (Å²) in [4.78, 5) is 2.33. The third-order valence-corrected chi connectivity index (χ3v) is 3.24. The first-order chi connectivity index (χ1) is 8.35. The molecule has 0 bridgehead atoms. The number of nitrogens with zero attached hydrogens (tertiary/aromatic N) is 2. The van der Waals surface area contributed by atoms with Crippen LogP contribution in [0.2, 0.25) is 0 Å². The standard InChI is InChI=1S/C13H19N3O.2ClH/c1-2-11-3-4-13(17-11)12(5-6-14)16-9-7-15-8-10-16;;/h3-4,12,15H,2,5,7-10H2,1H3;2*1H/t12-;;/m1../s1. The Morgan fingerprint density at radius 2 is 2.05 bits per heavy atom. The molecule has 0 saturated carbocycles. The summed E-state index contributed by atoms with van der Waals surface area (Å²) in [5, 5.41) is 12.3. The van der Waals surface area contributed by atoms with Crippen LogP contribution in [0.5, 0.6) is 0 Å². The van der Waals surface area contributed by atoms with Crippen LogP contribution in [-0.2, 0) is 6.42 Å². The largest absolute Gasteiger partial charge is 0.464 e. The van der Waals surface area contributed by atoms with Gasteiger partial charge in [0.2, 0.25) is 0 Å². The minimum absolute atomic E-state index is 0. The van der Waals surface area contributed by atoms with Crippen LogP contribution in [0.4, 0.5) is 0 Å². The Morgan fingerprint density at radius 3 is 2.58 bits per heavy atom. The van der Waals surface area contributed by atoms with Gasteiger partial charge in [-0.25, -0.2) is 0 Å². The van der Waals surface area contributed by atoms with E-state index in [4.69, 9.17) is 9.68 Å². The van der Waals surface area contributed by atoms with Crippen LogP contribution in [0.3, 0.4) is 0 Å². The van der Waals surface area contributed by atoms with Gasteiger partial charge in [-0.3, -0.25) is 4.90 Å². The summed E-state index contributed by atoms with van der Waals surface area (Å²) in [5.41, 5.74) is 0. The first kappa shape index (κ1) is 18.3. The molecule has 0 radical (unpaired) electrons. The van der Waals surface area contributed by atoms with Gasteiger partial charge in [-0.15, -0.1) is 24.8 Å². The van der Waals surface area contributed by atoms with Gasteiger partial charge in [0.05, 0.1) is 18.5 Å². The van der Waals surface area contributed by atoms with E-state index >= 15 is 0 Å². The van der Waals surface area contributed by atoms with Crippen LogP contribution in [0.15, 0.2) is 16.5 Å². The van der Waals surface area contributed by atoms with E-state index < -0.39 is 0 Å². The van der Waals surface area contributed by atoms with E-state index in [0.29, 0.717) is 6.42 Å². The van der Waals surface area contributed by atoms with Crippen LogP contribution in [0.1, 0.15) is 30.9 Å². The molecule has 0 spiro atoms. The van der Waals surface area contributed by atoms with Crippen LogP contribution in [0.25, 0.3) is 0 Å². The fourth-order valence-corrected chi connectivity index (χ4v) is 2.25. The summed E-state index contributed by atoms with van der Waals surface area (Å²) in [6.07, 6.45) is 1.40. The van der Waals surface area contributed by atoms with Crippen molar-refractivity contribution in [1.29, 1.82) is 5.26 Å². The van der Waals surface area contributed by atoms with Crippen molar-refractivity contribution in [2.75, 3.05) is 26.2 Å². The van der Waals surface area contributed by atoms with Crippen LogP contribution < -0.4 is 5.32 Å². The lowest BCUT2D eigenvalue weighted by Crippen LogP contribution is -2.45. The van der Waals surface area contributed by atoms with Gasteiger partial charge in [0.25, 0.3) is 0 Å². The Morgan fingerprint density at radius 1 is 1.37 bits per heavy atom. The Hall–Kier alpha value is -0.730. The molecule has 1 saturated heterocycles. The lowest BCUT2D eigenvalue weighted by Gasteiger charge is -2.32. The average molecular weight is 306 g/mol. The zero-order valence-electron chi connectivity index (χ0n) is 11.1. The van der Waals surface area contributed by atoms with E-state index in [2.05, 4.69) is 23.2 Å². The third kappa shape index (κ3) is 4.70. The second-order valence-corrected chi connectivity index (χ2v) is 4.32. The molecule has 0 unspecified atom stereocenters. The summed E-state index contributed by atoms with van der Waals surface area (Å²) < 4.78 is 5.79. The highest BCUT2D eigenvalue weighted by atomic mass is 35.5. The normalized spacial score (nSPS) is 16.8. The lowest BCUT2D eigenvalue weighted by molar-refractivity contribution is 0.155. The van der Waals surface area contributed by atoms with Crippen molar-refractivity contribution < 1.29 is 4.42 Å². The molecule has 4 nitrogen and oxygen atoms in total. The molecule has 2 rings (SSSR count). The Kier molecular flexibility index (Phi) is 8.86. The number of piperazine rings is 1. The molecular formula is C13H21Cl2N3O. The van der Waals surface area contributed by atoms with Crippen molar-refractivity contribution in [3.8, 4) is 6.07 Å². The van der Waals surface area contributed by atoms with Gasteiger partial charge in [-0.2, -0.15) is 5.26 Å². The second-order valence-electron chi connectivity index (χ2n) is 4.32. The highest BCUT2D eigenvalue weighted by Crippen LogP contribution is 2.26. The molecule has 1 aliphatic rings. The molecule has 2 heterocycles. The highest BCUT2D eigenvalue weighted by Gasteiger charge is 2.24. The molecule has 1 aliphatic heterocycles. The van der Waals surface area contributed by atoms with Crippen molar-refractivity contribution in [2.24, 2.45) is 0 Å². The van der Waals surface area contributed by atoms with Gasteiger partial charge in [0.1, 0.15) is 11.5 Å². The maximum absolute atomic E-state index is 8.96. The van der Waals surface area contributed by atoms with Crippen molar-refractivity contribution >= 4 is 24.8 Å². The smallest absolute Gasteiger partial charge is 0.122 e. The van der Waals surface area contributed by atoms with Crippen molar-refractivity contribution in [1.82, 2.24) is 10.2 Å². The first-order valence-electron chi connectivity index (χ1n) is 6.25. The zero-order valence-corrected chi connectivity index (χ0v) is 12.7. The number of halogens is 2. The molecule has 6 heteroatoms. The highest BCUT2D eigenvalue weighted by molar-refractivity contribution is 5.85. The minimum atomic E-state index is 0. The predicted octanol–water partition coefficient (Wildman–Crippen LogP) is 2.55. The lowest BCUT2D eigenvalue weighted by atomic mass is 10.1. The number of nitriles is 1. The predicted molar refractivity (Wildman–Crippen MR) is 80.0 cm³/mol. The quantitative estimate of drug-likeness (QED) is 0.929. The Labute approximate surface area is 127 Å². The monoisotopic (exact) mass is 305 g/mol. The van der Waals surface area contributed by atoms with E-state index in [1.165, 1.54) is 0 Å². The van der Waals surface area contributed by atoms with Gasteiger partial charge >= 0.3 is 0 Å². The van der Waals surface area contributed by atoms with E-state index in [0.717, 1.165) is 44.1 Å². The van der Waals surface area contributed by atoms with Crippen molar-refractivity contribution in [3.05, 3.63) is 23.7 Å². The topological polar surface area (TPSA) is 52.2 Å². The summed E-state index contributed by atoms with van der Waals surface area (Å²) in [6, 6.07) is 6.41. The van der Waals surface area contributed by atoms with Crippen molar-refractivity contribution in [2.45, 2.75) is 25.8 Å². The van der Waals surface area contributed by atoms with Crippen LogP contribution in [0, 0.1) is 11.3 Å². The molecule has 1 N–H and O–H groups in total. The molecule has 1 atom stereocenters. The number of hydrogen-bond acceptors (Lipinski definition) is 4. The molecule has 0 amide bonds. The van der Waals surface area contributed by atoms with E-state index in [1.807, 2.05) is 12.1 Å². The summed E-state index contributed by atoms with van der Waals surface area (Å²) in [6.45, 7) is 6.02. The number of hydrogen-bond donors (Lipinski definition) is 1. The molecule has 1 aromatic heterocycles. The third-order valence-electron chi connectivity index (χ3n) is 3.24. The van der Waals surface area contributed by atoms with Gasteiger partial charge in [0.15, 0.2) is 0 Å². The molecule has 0 aliphatic carbocycles. The van der Waals surface area contributed by atoms with E-state index in [9.17, 15) is 0 Å². The number of furan rings is 1. The minimum Gasteiger partial charge on any atom is -0.464 e. The molecule has 1 fully saturated rings. The first-order valence-corrected chi connectivity index (χ1v) is 6.25. The molecule has 0 aromatic carbocycles. The average Bonchev–Trinajstić information content (AvgIpc) is 2.85. The molecule has 1 aromatic rings. The van der Waals surface area contributed by atoms with Gasteiger partial charge < -0.3 is 9.73 Å². The van der Waals surface area contributed by atoms with Crippen LogP contribution in [-0.4, -0.2) is 31.1 Å². The number of rotatable bonds is 4. The second kappa shape index (κ2) is 9.22. The van der Waals surface area contributed by atoms with Gasteiger partial charge in [0, 0.05) is 32.6 Å². The summed E-state index contributed by atoms with van der Waals surface area (Å²) in [5.74, 6) is 1.93. The Bertz CT molecular complexity index is 397. The SMILES string of the molecule is CCc1ccc([C@@H](CC#N)N2CCNCC2)o1.Cl.Cl. The van der Waals surface area contributed by atoms with Gasteiger partial charge in [-0.1, -0.05) is 6.92 Å². The molecular weight excluding hydrogens is 285 g/mol. The number of nitrogens with one attached hydrogen (secondary N) is 1. The molecule has 19 heavy (non-hydrogen) atoms. The maximum atomic E-state index is 8.96. The van der Waals surface area contributed by atoms with E-state index in [1.54, 1.807) is 0 Å². The fourth-order valence-electron chi connectivity index (χ4n) is 2.25. The van der Waals surface area contributed by atoms with E-state index in [-0.39, 0.29) is 30.9 Å². The molecule has 108 valence electrons. The summed E-state index contributed by atoms with van der Waals surface area (Å²) >= 11 is 0. The Balaban J connectivity index is 0.00000162. The summed E-state index contributed by atoms with van der Waals surface area (Å²) in [7, 11) is 0. The fraction of sp³-hybridized carbons (Fsp3) is 0.615. The maximum Gasteiger partial charge on any atom is 0.122 e. The van der Waals surface area contributed by atoms with Crippen LogP contribution >= 0.6 is 24.8 Å². The number of aryl methyl sites for hydroxylation is 1. The van der Waals surface area contributed by atoms with Crippen molar-refractivity contribution in [3.63, 3.8) is 0 Å². The van der Waals surface area contributed by atoms with Gasteiger partial charge in [-0.05, 0) is 12.1 Å².